The molecule has 120 valence electrons. The number of nitrogens with two attached hydrogens (primary N) is 1. The zero-order valence-electron chi connectivity index (χ0n) is 12.1. The zero-order chi connectivity index (χ0) is 16.6. The van der Waals surface area contributed by atoms with Gasteiger partial charge in [-0.15, -0.1) is 0 Å². The number of halogens is 3. The number of pyridine rings is 2. The van der Waals surface area contributed by atoms with Crippen LogP contribution in [-0.4, -0.2) is 35.3 Å². The third kappa shape index (κ3) is 2.92. The summed E-state index contributed by atoms with van der Waals surface area (Å²) in [6.45, 7) is 0.138. The van der Waals surface area contributed by atoms with Crippen molar-refractivity contribution in [1.29, 1.82) is 5.26 Å². The Morgan fingerprint density at radius 2 is 2.09 bits per heavy atom. The highest BCUT2D eigenvalue weighted by Gasteiger charge is 2.44. The summed E-state index contributed by atoms with van der Waals surface area (Å²) in [5.41, 5.74) is 6.88. The van der Waals surface area contributed by atoms with Crippen molar-refractivity contribution in [2.24, 2.45) is 11.7 Å². The molecule has 0 aliphatic carbocycles. The normalized spacial score (nSPS) is 22.1. The van der Waals surface area contributed by atoms with E-state index < -0.39 is 18.1 Å². The van der Waals surface area contributed by atoms with Crippen LogP contribution in [0.2, 0.25) is 0 Å². The minimum atomic E-state index is -4.29. The van der Waals surface area contributed by atoms with Crippen LogP contribution in [0.5, 0.6) is 0 Å². The second-order valence-corrected chi connectivity index (χ2v) is 5.64. The van der Waals surface area contributed by atoms with E-state index in [9.17, 15) is 13.2 Å². The first-order valence-electron chi connectivity index (χ1n) is 7.11. The van der Waals surface area contributed by atoms with E-state index in [1.165, 1.54) is 12.4 Å². The van der Waals surface area contributed by atoms with Crippen LogP contribution in [0, 0.1) is 17.2 Å². The Kier molecular flexibility index (Phi) is 3.82. The summed E-state index contributed by atoms with van der Waals surface area (Å²) >= 11 is 0. The maximum absolute atomic E-state index is 13.1. The van der Waals surface area contributed by atoms with E-state index in [0.717, 1.165) is 0 Å². The molecule has 2 aromatic heterocycles. The summed E-state index contributed by atoms with van der Waals surface area (Å²) in [4.78, 5) is 9.74. The minimum absolute atomic E-state index is 0.0834. The van der Waals surface area contributed by atoms with Crippen LogP contribution in [-0.2, 0) is 0 Å². The van der Waals surface area contributed by atoms with E-state index in [1.807, 2.05) is 6.07 Å². The SMILES string of the molecule is N#Cc1ncc(N2C[C@H](N)C[C@H](C(F)(F)F)C2)c2cccnc12. The fraction of sp³-hybridized carbons (Fsp3) is 0.400. The Balaban J connectivity index is 2.05. The predicted molar refractivity (Wildman–Crippen MR) is 78.6 cm³/mol. The number of hydrogen-bond acceptors (Lipinski definition) is 5. The van der Waals surface area contributed by atoms with Crippen molar-refractivity contribution in [3.05, 3.63) is 30.2 Å². The highest BCUT2D eigenvalue weighted by atomic mass is 19.4. The lowest BCUT2D eigenvalue weighted by atomic mass is 9.93. The van der Waals surface area contributed by atoms with Crippen LogP contribution in [0.4, 0.5) is 18.9 Å². The van der Waals surface area contributed by atoms with Crippen molar-refractivity contribution < 1.29 is 13.2 Å². The number of fused-ring (bicyclic) bond motifs is 1. The molecule has 8 heteroatoms. The van der Waals surface area contributed by atoms with Crippen LogP contribution in [0.15, 0.2) is 24.5 Å². The molecule has 1 aliphatic rings. The molecule has 3 heterocycles. The van der Waals surface area contributed by atoms with Gasteiger partial charge >= 0.3 is 6.18 Å². The molecule has 23 heavy (non-hydrogen) atoms. The predicted octanol–water partition coefficient (Wildman–Crippen LogP) is 2.22. The van der Waals surface area contributed by atoms with E-state index in [4.69, 9.17) is 11.0 Å². The fourth-order valence-electron chi connectivity index (χ4n) is 2.96. The Morgan fingerprint density at radius 1 is 1.30 bits per heavy atom. The van der Waals surface area contributed by atoms with Crippen molar-refractivity contribution in [1.82, 2.24) is 9.97 Å². The maximum Gasteiger partial charge on any atom is 0.393 e. The Morgan fingerprint density at radius 3 is 2.78 bits per heavy atom. The lowest BCUT2D eigenvalue weighted by Crippen LogP contribution is -2.51. The maximum atomic E-state index is 13.1. The van der Waals surface area contributed by atoms with E-state index in [1.54, 1.807) is 17.0 Å². The monoisotopic (exact) mass is 321 g/mol. The van der Waals surface area contributed by atoms with Crippen LogP contribution >= 0.6 is 0 Å². The molecule has 0 amide bonds. The molecule has 3 rings (SSSR count). The molecular formula is C15H14F3N5. The van der Waals surface area contributed by atoms with Gasteiger partial charge in [-0.05, 0) is 18.6 Å². The molecule has 1 fully saturated rings. The molecule has 0 unspecified atom stereocenters. The number of nitrogens with zero attached hydrogens (tertiary/aromatic N) is 4. The van der Waals surface area contributed by atoms with E-state index in [-0.39, 0.29) is 18.7 Å². The number of anilines is 1. The van der Waals surface area contributed by atoms with Gasteiger partial charge in [0.1, 0.15) is 11.6 Å². The van der Waals surface area contributed by atoms with Gasteiger partial charge in [0, 0.05) is 30.7 Å². The molecule has 0 spiro atoms. The van der Waals surface area contributed by atoms with Gasteiger partial charge in [-0.1, -0.05) is 0 Å². The Hall–Kier alpha value is -2.40. The minimum Gasteiger partial charge on any atom is -0.368 e. The van der Waals surface area contributed by atoms with Crippen LogP contribution in [0.1, 0.15) is 12.1 Å². The van der Waals surface area contributed by atoms with Gasteiger partial charge in [-0.25, -0.2) is 4.98 Å². The van der Waals surface area contributed by atoms with E-state index in [2.05, 4.69) is 9.97 Å². The Labute approximate surface area is 130 Å². The average molecular weight is 321 g/mol. The first-order chi connectivity index (χ1) is 10.9. The molecule has 1 aliphatic heterocycles. The van der Waals surface area contributed by atoms with Crippen molar-refractivity contribution >= 4 is 16.6 Å². The number of hydrogen-bond donors (Lipinski definition) is 1. The molecule has 2 aromatic rings. The highest BCUT2D eigenvalue weighted by Crippen LogP contribution is 2.36. The van der Waals surface area contributed by atoms with Crippen LogP contribution in [0.25, 0.3) is 10.9 Å². The van der Waals surface area contributed by atoms with E-state index in [0.29, 0.717) is 23.1 Å². The molecule has 2 N–H and O–H groups in total. The summed E-state index contributed by atoms with van der Waals surface area (Å²) in [6, 6.07) is 4.78. The van der Waals surface area contributed by atoms with Crippen LogP contribution < -0.4 is 10.6 Å². The number of piperidine rings is 1. The first kappa shape index (κ1) is 15.5. The largest absolute Gasteiger partial charge is 0.393 e. The van der Waals surface area contributed by atoms with Gasteiger partial charge in [0.15, 0.2) is 5.69 Å². The fourth-order valence-corrected chi connectivity index (χ4v) is 2.96. The average Bonchev–Trinajstić information content (AvgIpc) is 2.52. The molecule has 0 saturated carbocycles. The van der Waals surface area contributed by atoms with E-state index >= 15 is 0 Å². The molecule has 0 bridgehead atoms. The molecule has 1 saturated heterocycles. The quantitative estimate of drug-likeness (QED) is 0.871. The lowest BCUT2D eigenvalue weighted by molar-refractivity contribution is -0.177. The number of nitriles is 1. The summed E-state index contributed by atoms with van der Waals surface area (Å²) in [5, 5.41) is 9.70. The second-order valence-electron chi connectivity index (χ2n) is 5.64. The number of rotatable bonds is 1. The first-order valence-corrected chi connectivity index (χ1v) is 7.11. The summed E-state index contributed by atoms with van der Waals surface area (Å²) in [5.74, 6) is -1.48. The molecular weight excluding hydrogens is 307 g/mol. The van der Waals surface area contributed by atoms with Crippen molar-refractivity contribution in [2.75, 3.05) is 18.0 Å². The second kappa shape index (κ2) is 5.66. The van der Waals surface area contributed by atoms with Gasteiger partial charge in [0.05, 0.1) is 17.8 Å². The van der Waals surface area contributed by atoms with Crippen molar-refractivity contribution in [3.63, 3.8) is 0 Å². The highest BCUT2D eigenvalue weighted by molar-refractivity contribution is 5.93. The smallest absolute Gasteiger partial charge is 0.368 e. The number of alkyl halides is 3. The van der Waals surface area contributed by atoms with Gasteiger partial charge in [0.25, 0.3) is 0 Å². The van der Waals surface area contributed by atoms with Gasteiger partial charge in [-0.2, -0.15) is 18.4 Å². The molecule has 0 radical (unpaired) electrons. The lowest BCUT2D eigenvalue weighted by Gasteiger charge is -2.38. The molecule has 0 aromatic carbocycles. The van der Waals surface area contributed by atoms with Crippen molar-refractivity contribution in [2.45, 2.75) is 18.6 Å². The summed E-state index contributed by atoms with van der Waals surface area (Å²) in [7, 11) is 0. The van der Waals surface area contributed by atoms with Gasteiger partial charge in [0.2, 0.25) is 0 Å². The third-order valence-electron chi connectivity index (χ3n) is 4.02. The summed E-state index contributed by atoms with van der Waals surface area (Å²) < 4.78 is 39.2. The summed E-state index contributed by atoms with van der Waals surface area (Å²) in [6.07, 6.45) is -1.42. The molecule has 5 nitrogen and oxygen atoms in total. The third-order valence-corrected chi connectivity index (χ3v) is 4.02. The number of aromatic nitrogens is 2. The van der Waals surface area contributed by atoms with Crippen molar-refractivity contribution in [3.8, 4) is 6.07 Å². The molecule has 2 atom stereocenters. The topological polar surface area (TPSA) is 78.8 Å². The standard InChI is InChI=1S/C15H14F3N5/c16-15(17,18)9-4-10(20)8-23(7-9)13-6-22-12(5-19)14-11(13)2-1-3-21-14/h1-3,6,9-10H,4,7-8,20H2/t9-,10+/m0/s1. The van der Waals surface area contributed by atoms with Crippen LogP contribution in [0.3, 0.4) is 0 Å². The van der Waals surface area contributed by atoms with Gasteiger partial charge < -0.3 is 10.6 Å². The zero-order valence-corrected chi connectivity index (χ0v) is 12.1. The van der Waals surface area contributed by atoms with Gasteiger partial charge in [-0.3, -0.25) is 4.98 Å². The Bertz CT molecular complexity index is 768.